The van der Waals surface area contributed by atoms with Crippen molar-refractivity contribution in [3.05, 3.63) is 168 Å². The van der Waals surface area contributed by atoms with E-state index in [9.17, 15) is 13.2 Å². The molecule has 0 radical (unpaired) electrons. The van der Waals surface area contributed by atoms with Gasteiger partial charge in [0.25, 0.3) is 0 Å². The molecule has 1 aliphatic rings. The van der Waals surface area contributed by atoms with Gasteiger partial charge in [-0.15, -0.1) is 0 Å². The molecule has 49 heavy (non-hydrogen) atoms. The Balaban J connectivity index is 1.40. The zero-order valence-electron chi connectivity index (χ0n) is 27.1. The lowest BCUT2D eigenvalue weighted by Gasteiger charge is -2.23. The summed E-state index contributed by atoms with van der Waals surface area (Å²) in [7, 11) is 0. The van der Waals surface area contributed by atoms with Gasteiger partial charge >= 0.3 is 6.18 Å². The molecule has 0 aliphatic heterocycles. The van der Waals surface area contributed by atoms with Crippen molar-refractivity contribution in [3.8, 4) is 44.5 Å². The number of fused-ring (bicyclic) bond motifs is 6. The molecular formula is C46H31F3. The second-order valence-electron chi connectivity index (χ2n) is 13.6. The van der Waals surface area contributed by atoms with E-state index in [1.165, 1.54) is 45.2 Å². The minimum Gasteiger partial charge on any atom is -0.166 e. The summed E-state index contributed by atoms with van der Waals surface area (Å²) in [5.74, 6) is 0. The fraction of sp³-hybridized carbons (Fsp3) is 0.0870. The molecule has 0 saturated heterocycles. The Labute approximate surface area is 283 Å². The van der Waals surface area contributed by atoms with E-state index in [4.69, 9.17) is 0 Å². The molecule has 0 spiro atoms. The van der Waals surface area contributed by atoms with Gasteiger partial charge in [-0.05, 0) is 112 Å². The Kier molecular flexibility index (Phi) is 6.42. The van der Waals surface area contributed by atoms with E-state index in [-0.39, 0.29) is 5.41 Å². The van der Waals surface area contributed by atoms with Crippen LogP contribution in [0.4, 0.5) is 13.2 Å². The molecule has 1 aliphatic carbocycles. The monoisotopic (exact) mass is 640 g/mol. The number of hydrogen-bond acceptors (Lipinski definition) is 0. The molecule has 0 nitrogen and oxygen atoms in total. The van der Waals surface area contributed by atoms with Crippen LogP contribution in [-0.2, 0) is 11.6 Å². The highest BCUT2D eigenvalue weighted by molar-refractivity contribution is 6.23. The summed E-state index contributed by atoms with van der Waals surface area (Å²) in [6.45, 7) is 4.59. The third-order valence-electron chi connectivity index (χ3n) is 10.5. The van der Waals surface area contributed by atoms with Crippen molar-refractivity contribution in [1.82, 2.24) is 0 Å². The zero-order chi connectivity index (χ0) is 33.5. The molecule has 0 aromatic heterocycles. The van der Waals surface area contributed by atoms with Crippen molar-refractivity contribution in [2.75, 3.05) is 0 Å². The van der Waals surface area contributed by atoms with Gasteiger partial charge in [0.1, 0.15) is 0 Å². The normalized spacial score (nSPS) is 13.6. The molecule has 236 valence electrons. The maximum atomic E-state index is 13.6. The molecule has 0 N–H and O–H groups in total. The minimum absolute atomic E-state index is 0.163. The van der Waals surface area contributed by atoms with Gasteiger partial charge in [-0.25, -0.2) is 0 Å². The van der Waals surface area contributed by atoms with E-state index < -0.39 is 11.7 Å². The molecule has 8 aromatic carbocycles. The Morgan fingerprint density at radius 1 is 0.408 bits per heavy atom. The van der Waals surface area contributed by atoms with Gasteiger partial charge in [0.2, 0.25) is 0 Å². The van der Waals surface area contributed by atoms with Crippen LogP contribution in [0.2, 0.25) is 0 Å². The third kappa shape index (κ3) is 4.53. The largest absolute Gasteiger partial charge is 0.416 e. The predicted molar refractivity (Wildman–Crippen MR) is 198 cm³/mol. The molecular weight excluding hydrogens is 610 g/mol. The summed E-state index contributed by atoms with van der Waals surface area (Å²) in [5, 5.41) is 6.49. The lowest BCUT2D eigenvalue weighted by atomic mass is 9.80. The van der Waals surface area contributed by atoms with Gasteiger partial charge in [0.15, 0.2) is 0 Å². The number of alkyl halides is 3. The van der Waals surface area contributed by atoms with Crippen molar-refractivity contribution in [1.29, 1.82) is 0 Å². The van der Waals surface area contributed by atoms with E-state index in [0.29, 0.717) is 0 Å². The number of halogens is 3. The summed E-state index contributed by atoms with van der Waals surface area (Å²) in [4.78, 5) is 0. The van der Waals surface area contributed by atoms with Crippen LogP contribution >= 0.6 is 0 Å². The van der Waals surface area contributed by atoms with Gasteiger partial charge < -0.3 is 0 Å². The average molecular weight is 641 g/mol. The summed E-state index contributed by atoms with van der Waals surface area (Å²) in [5.41, 5.74) is 10.4. The first-order valence-corrected chi connectivity index (χ1v) is 16.6. The second-order valence-corrected chi connectivity index (χ2v) is 13.6. The fourth-order valence-electron chi connectivity index (χ4n) is 8.12. The molecule has 0 unspecified atom stereocenters. The topological polar surface area (TPSA) is 0 Å². The van der Waals surface area contributed by atoms with Crippen LogP contribution in [0.3, 0.4) is 0 Å². The number of benzene rings is 8. The van der Waals surface area contributed by atoms with Crippen LogP contribution in [0.15, 0.2) is 152 Å². The number of hydrogen-bond donors (Lipinski definition) is 0. The highest BCUT2D eigenvalue weighted by Gasteiger charge is 2.37. The summed E-state index contributed by atoms with van der Waals surface area (Å²) >= 11 is 0. The van der Waals surface area contributed by atoms with E-state index in [1.54, 1.807) is 12.1 Å². The molecule has 0 bridgehead atoms. The van der Waals surface area contributed by atoms with Crippen LogP contribution in [0.25, 0.3) is 76.8 Å². The highest BCUT2D eigenvalue weighted by atomic mass is 19.4. The van der Waals surface area contributed by atoms with Crippen molar-refractivity contribution in [2.45, 2.75) is 25.4 Å². The van der Waals surface area contributed by atoms with Crippen molar-refractivity contribution in [3.63, 3.8) is 0 Å². The first-order chi connectivity index (χ1) is 23.7. The SMILES string of the molecule is CC1(C)c2ccccc2-c2c(-c3c4ccccc4c(-c4ccc(C(F)(F)F)cc4)c4ccc(-c5ccc6ccccc6c5)cc34)cccc21. The molecule has 0 saturated carbocycles. The fourth-order valence-corrected chi connectivity index (χ4v) is 8.12. The zero-order valence-corrected chi connectivity index (χ0v) is 27.1. The Morgan fingerprint density at radius 2 is 0.980 bits per heavy atom. The van der Waals surface area contributed by atoms with Crippen LogP contribution in [0, 0.1) is 0 Å². The summed E-state index contributed by atoms with van der Waals surface area (Å²) < 4.78 is 40.9. The second kappa shape index (κ2) is 10.7. The van der Waals surface area contributed by atoms with Crippen molar-refractivity contribution in [2.24, 2.45) is 0 Å². The molecule has 0 fully saturated rings. The predicted octanol–water partition coefficient (Wildman–Crippen LogP) is 13.5. The molecule has 0 amide bonds. The van der Waals surface area contributed by atoms with Crippen LogP contribution < -0.4 is 0 Å². The summed E-state index contributed by atoms with van der Waals surface area (Å²) in [6, 6.07) is 50.8. The maximum absolute atomic E-state index is 13.6. The third-order valence-corrected chi connectivity index (χ3v) is 10.5. The average Bonchev–Trinajstić information content (AvgIpc) is 3.36. The maximum Gasteiger partial charge on any atom is 0.416 e. The molecule has 0 heterocycles. The van der Waals surface area contributed by atoms with Crippen LogP contribution in [-0.4, -0.2) is 0 Å². The van der Waals surface area contributed by atoms with Crippen LogP contribution in [0.1, 0.15) is 30.5 Å². The van der Waals surface area contributed by atoms with E-state index in [1.807, 2.05) is 6.07 Å². The molecule has 3 heteroatoms. The Hall–Kier alpha value is -5.67. The van der Waals surface area contributed by atoms with E-state index >= 15 is 0 Å². The summed E-state index contributed by atoms with van der Waals surface area (Å²) in [6.07, 6.45) is -4.40. The molecule has 9 rings (SSSR count). The highest BCUT2D eigenvalue weighted by Crippen LogP contribution is 2.54. The van der Waals surface area contributed by atoms with Gasteiger partial charge in [-0.2, -0.15) is 13.2 Å². The van der Waals surface area contributed by atoms with Gasteiger partial charge in [0.05, 0.1) is 5.56 Å². The Morgan fingerprint density at radius 3 is 1.76 bits per heavy atom. The molecule has 8 aromatic rings. The van der Waals surface area contributed by atoms with Gasteiger partial charge in [0, 0.05) is 5.41 Å². The quantitative estimate of drug-likeness (QED) is 0.169. The van der Waals surface area contributed by atoms with Crippen molar-refractivity contribution >= 4 is 32.3 Å². The van der Waals surface area contributed by atoms with Crippen LogP contribution in [0.5, 0.6) is 0 Å². The first-order valence-electron chi connectivity index (χ1n) is 16.6. The minimum atomic E-state index is -4.40. The van der Waals surface area contributed by atoms with Crippen molar-refractivity contribution < 1.29 is 13.2 Å². The van der Waals surface area contributed by atoms with Gasteiger partial charge in [-0.3, -0.25) is 0 Å². The molecule has 0 atom stereocenters. The van der Waals surface area contributed by atoms with Gasteiger partial charge in [-0.1, -0.05) is 141 Å². The number of rotatable bonds is 3. The lowest BCUT2D eigenvalue weighted by Crippen LogP contribution is -2.14. The standard InChI is InChI=1S/C46H31F3/c1-45(2)40-16-8-7-14-37(40)44-38(15-9-17-41(44)45)43-35-13-6-5-12-34(35)42(29-20-23-33(24-21-29)46(47,48)49)36-25-22-32(27-39(36)43)31-19-18-28-10-3-4-11-30(28)26-31/h3-27H,1-2H3. The Bertz CT molecular complexity index is 2610. The van der Waals surface area contributed by atoms with E-state index in [2.05, 4.69) is 135 Å². The van der Waals surface area contributed by atoms with E-state index in [0.717, 1.165) is 54.9 Å². The smallest absolute Gasteiger partial charge is 0.166 e. The first kappa shape index (κ1) is 29.5. The lowest BCUT2D eigenvalue weighted by molar-refractivity contribution is -0.137.